The van der Waals surface area contributed by atoms with Crippen molar-refractivity contribution in [3.8, 4) is 5.75 Å². The zero-order valence-electron chi connectivity index (χ0n) is 11.6. The van der Waals surface area contributed by atoms with Crippen LogP contribution in [-0.2, 0) is 14.8 Å². The van der Waals surface area contributed by atoms with Crippen LogP contribution in [0.2, 0.25) is 0 Å². The summed E-state index contributed by atoms with van der Waals surface area (Å²) in [6.45, 7) is 3.49. The Morgan fingerprint density at radius 1 is 1.38 bits per heavy atom. The van der Waals surface area contributed by atoms with E-state index >= 15 is 0 Å². The molecule has 0 aromatic heterocycles. The number of aliphatic carboxylic acids is 1. The van der Waals surface area contributed by atoms with E-state index in [0.29, 0.717) is 5.75 Å². The Balaban J connectivity index is 2.46. The van der Waals surface area contributed by atoms with E-state index in [1.807, 2.05) is 0 Å². The summed E-state index contributed by atoms with van der Waals surface area (Å²) < 4.78 is 25.5. The van der Waals surface area contributed by atoms with E-state index in [9.17, 15) is 23.4 Å². The van der Waals surface area contributed by atoms with Gasteiger partial charge in [0.05, 0.1) is 16.9 Å². The van der Waals surface area contributed by atoms with Crippen LogP contribution in [0.5, 0.6) is 5.75 Å². The second-order valence-corrected chi connectivity index (χ2v) is 8.92. The average Bonchev–Trinajstić information content (AvgIpc) is 2.37. The van der Waals surface area contributed by atoms with E-state index in [0.717, 1.165) is 4.31 Å². The Morgan fingerprint density at radius 2 is 1.95 bits per heavy atom. The predicted octanol–water partition coefficient (Wildman–Crippen LogP) is 0.0268. The molecular formula is C13H16NO5S2-. The number of aromatic hydroxyl groups is 1. The fourth-order valence-electron chi connectivity index (χ4n) is 2.37. The van der Waals surface area contributed by atoms with Crippen LogP contribution in [0.25, 0.3) is 0 Å². The Bertz CT molecular complexity index is 639. The van der Waals surface area contributed by atoms with Crippen LogP contribution in [0.1, 0.15) is 13.8 Å². The number of carboxylic acids is 1. The molecule has 1 aromatic carbocycles. The van der Waals surface area contributed by atoms with Gasteiger partial charge in [-0.1, -0.05) is 0 Å². The molecule has 1 aliphatic rings. The Hall–Kier alpha value is -1.25. The molecule has 0 spiro atoms. The smallest absolute Gasteiger partial charge is 0.243 e. The summed E-state index contributed by atoms with van der Waals surface area (Å²) >= 11 is 1.41. The maximum atomic E-state index is 12.6. The van der Waals surface area contributed by atoms with Gasteiger partial charge in [-0.2, -0.15) is 16.1 Å². The van der Waals surface area contributed by atoms with Crippen LogP contribution in [0.3, 0.4) is 0 Å². The third kappa shape index (κ3) is 3.02. The fourth-order valence-corrected chi connectivity index (χ4v) is 5.45. The molecule has 0 aliphatic carbocycles. The first-order chi connectivity index (χ1) is 9.66. The third-order valence-electron chi connectivity index (χ3n) is 3.40. The summed E-state index contributed by atoms with van der Waals surface area (Å²) in [6, 6.07) is 3.78. The molecule has 21 heavy (non-hydrogen) atoms. The Morgan fingerprint density at radius 3 is 2.48 bits per heavy atom. The summed E-state index contributed by atoms with van der Waals surface area (Å²) in [4.78, 5) is 11.4. The minimum atomic E-state index is -3.96. The SMILES string of the molecule is CC1(C)SCCN(S(=O)(=O)c2ccc(O)cc2)C1C(=O)[O-]. The molecule has 1 fully saturated rings. The van der Waals surface area contributed by atoms with Gasteiger partial charge in [0.2, 0.25) is 10.0 Å². The zero-order valence-corrected chi connectivity index (χ0v) is 13.3. The topological polar surface area (TPSA) is 97.7 Å². The number of nitrogens with zero attached hydrogens (tertiary/aromatic N) is 1. The molecule has 0 saturated carbocycles. The summed E-state index contributed by atoms with van der Waals surface area (Å²) in [5.41, 5.74) is 0. The van der Waals surface area contributed by atoms with Crippen LogP contribution < -0.4 is 5.11 Å². The van der Waals surface area contributed by atoms with E-state index in [2.05, 4.69) is 0 Å². The lowest BCUT2D eigenvalue weighted by atomic mass is 10.0. The van der Waals surface area contributed by atoms with Crippen LogP contribution in [0, 0.1) is 0 Å². The number of carbonyl (C=O) groups is 1. The minimum Gasteiger partial charge on any atom is -0.548 e. The van der Waals surface area contributed by atoms with Crippen LogP contribution >= 0.6 is 11.8 Å². The number of carbonyl (C=O) groups excluding carboxylic acids is 1. The molecule has 1 saturated heterocycles. The predicted molar refractivity (Wildman–Crippen MR) is 77.3 cm³/mol. The highest BCUT2D eigenvalue weighted by atomic mass is 32.2. The normalized spacial score (nSPS) is 22.9. The first kappa shape index (κ1) is 16.1. The molecule has 0 bridgehead atoms. The highest BCUT2D eigenvalue weighted by Crippen LogP contribution is 2.38. The highest BCUT2D eigenvalue weighted by molar-refractivity contribution is 8.00. The number of thioether (sulfide) groups is 1. The fraction of sp³-hybridized carbons (Fsp3) is 0.462. The van der Waals surface area contributed by atoms with Crippen molar-refractivity contribution in [3.63, 3.8) is 0 Å². The van der Waals surface area contributed by atoms with Crippen molar-refractivity contribution < 1.29 is 23.4 Å². The van der Waals surface area contributed by atoms with Crippen LogP contribution in [-0.4, -0.2) is 46.9 Å². The largest absolute Gasteiger partial charge is 0.548 e. The molecule has 0 amide bonds. The number of phenols is 1. The number of hydrogen-bond donors (Lipinski definition) is 1. The van der Waals surface area contributed by atoms with Crippen molar-refractivity contribution in [1.29, 1.82) is 0 Å². The van der Waals surface area contributed by atoms with Crippen molar-refractivity contribution in [2.45, 2.75) is 29.5 Å². The lowest BCUT2D eigenvalue weighted by Gasteiger charge is -2.45. The van der Waals surface area contributed by atoms with Gasteiger partial charge in [0.15, 0.2) is 0 Å². The maximum Gasteiger partial charge on any atom is 0.243 e. The molecular weight excluding hydrogens is 314 g/mol. The third-order valence-corrected chi connectivity index (χ3v) is 6.63. The molecule has 1 aromatic rings. The molecule has 1 N–H and O–H groups in total. The molecule has 8 heteroatoms. The molecule has 0 radical (unpaired) electrons. The molecule has 1 aliphatic heterocycles. The molecule has 1 heterocycles. The van der Waals surface area contributed by atoms with Gasteiger partial charge in [0.25, 0.3) is 0 Å². The van der Waals surface area contributed by atoms with E-state index < -0.39 is 26.8 Å². The van der Waals surface area contributed by atoms with E-state index in [4.69, 9.17) is 0 Å². The van der Waals surface area contributed by atoms with Gasteiger partial charge in [0, 0.05) is 17.0 Å². The van der Waals surface area contributed by atoms with Gasteiger partial charge < -0.3 is 15.0 Å². The first-order valence-electron chi connectivity index (χ1n) is 6.32. The van der Waals surface area contributed by atoms with E-state index in [1.165, 1.54) is 36.0 Å². The molecule has 1 unspecified atom stereocenters. The lowest BCUT2D eigenvalue weighted by molar-refractivity contribution is -0.311. The molecule has 6 nitrogen and oxygen atoms in total. The van der Waals surface area contributed by atoms with Crippen molar-refractivity contribution in [2.24, 2.45) is 0 Å². The van der Waals surface area contributed by atoms with Crippen molar-refractivity contribution in [1.82, 2.24) is 4.31 Å². The Kier molecular flexibility index (Phi) is 4.23. The number of phenolic OH excluding ortho intramolecular Hbond substituents is 1. The second-order valence-electron chi connectivity index (χ2n) is 5.28. The summed E-state index contributed by atoms with van der Waals surface area (Å²) in [6.07, 6.45) is 0. The monoisotopic (exact) mass is 330 g/mol. The van der Waals surface area contributed by atoms with Crippen molar-refractivity contribution in [3.05, 3.63) is 24.3 Å². The van der Waals surface area contributed by atoms with Crippen molar-refractivity contribution in [2.75, 3.05) is 12.3 Å². The average molecular weight is 330 g/mol. The Labute approximate surface area is 127 Å². The quantitative estimate of drug-likeness (QED) is 0.839. The van der Waals surface area contributed by atoms with Crippen molar-refractivity contribution >= 4 is 27.8 Å². The number of benzene rings is 1. The maximum absolute atomic E-state index is 12.6. The van der Waals surface area contributed by atoms with E-state index in [1.54, 1.807) is 13.8 Å². The number of carboxylic acid groups (broad SMARTS) is 1. The van der Waals surface area contributed by atoms with E-state index in [-0.39, 0.29) is 17.2 Å². The van der Waals surface area contributed by atoms with Gasteiger partial charge in [-0.25, -0.2) is 8.42 Å². The lowest BCUT2D eigenvalue weighted by Crippen LogP contribution is -2.62. The second kappa shape index (κ2) is 5.51. The first-order valence-corrected chi connectivity index (χ1v) is 8.74. The van der Waals surface area contributed by atoms with Gasteiger partial charge in [0.1, 0.15) is 5.75 Å². The van der Waals surface area contributed by atoms with Gasteiger partial charge in [-0.05, 0) is 38.1 Å². The zero-order chi connectivity index (χ0) is 15.8. The highest BCUT2D eigenvalue weighted by Gasteiger charge is 2.44. The number of hydrogen-bond acceptors (Lipinski definition) is 6. The number of rotatable bonds is 3. The van der Waals surface area contributed by atoms with Gasteiger partial charge in [-0.3, -0.25) is 0 Å². The summed E-state index contributed by atoms with van der Waals surface area (Å²) in [7, 11) is -3.96. The molecule has 116 valence electrons. The number of sulfonamides is 1. The van der Waals surface area contributed by atoms with Crippen LogP contribution in [0.4, 0.5) is 0 Å². The standard InChI is InChI=1S/C13H17NO5S2/c1-13(2)11(12(16)17)14(7-8-20-13)21(18,19)10-5-3-9(15)4-6-10/h3-6,11,15H,7-8H2,1-2H3,(H,16,17)/p-1. The minimum absolute atomic E-state index is 0.0470. The molecule has 1 atom stereocenters. The summed E-state index contributed by atoms with van der Waals surface area (Å²) in [5, 5.41) is 20.7. The van der Waals surface area contributed by atoms with Gasteiger partial charge in [-0.15, -0.1) is 0 Å². The van der Waals surface area contributed by atoms with Crippen LogP contribution in [0.15, 0.2) is 29.2 Å². The summed E-state index contributed by atoms with van der Waals surface area (Å²) in [5.74, 6) is -0.955. The molecule has 2 rings (SSSR count). The van der Waals surface area contributed by atoms with Gasteiger partial charge >= 0.3 is 0 Å².